The molecular formula is C10H13ClN2O2. The van der Waals surface area contributed by atoms with E-state index < -0.39 is 5.91 Å². The first-order chi connectivity index (χ1) is 7.04. The van der Waals surface area contributed by atoms with Gasteiger partial charge in [-0.2, -0.15) is 0 Å². The Morgan fingerprint density at radius 2 is 2.27 bits per heavy atom. The number of rotatable bonds is 4. The van der Waals surface area contributed by atoms with Crippen LogP contribution in [0.15, 0.2) is 12.1 Å². The lowest BCUT2D eigenvalue weighted by atomic mass is 10.2. The summed E-state index contributed by atoms with van der Waals surface area (Å²) < 4.78 is 5.14. The number of carbonyl (C=O) groups is 1. The third-order valence-electron chi connectivity index (χ3n) is 1.93. The molecule has 0 bridgehead atoms. The van der Waals surface area contributed by atoms with Crippen LogP contribution >= 0.6 is 11.6 Å². The number of nitrogens with two attached hydrogens (primary N) is 1. The van der Waals surface area contributed by atoms with E-state index in [9.17, 15) is 4.79 Å². The Morgan fingerprint density at radius 3 is 2.80 bits per heavy atom. The number of aryl methyl sites for hydroxylation is 1. The van der Waals surface area contributed by atoms with Gasteiger partial charge in [0.05, 0.1) is 19.3 Å². The molecule has 0 fully saturated rings. The van der Waals surface area contributed by atoms with Gasteiger partial charge < -0.3 is 15.8 Å². The summed E-state index contributed by atoms with van der Waals surface area (Å²) in [4.78, 5) is 10.6. The molecule has 0 atom stereocenters. The lowest BCUT2D eigenvalue weighted by Crippen LogP contribution is -2.22. The first kappa shape index (κ1) is 11.7. The zero-order chi connectivity index (χ0) is 11.4. The van der Waals surface area contributed by atoms with Crippen molar-refractivity contribution in [3.05, 3.63) is 22.7 Å². The van der Waals surface area contributed by atoms with E-state index in [2.05, 4.69) is 5.32 Å². The molecule has 0 saturated heterocycles. The van der Waals surface area contributed by atoms with E-state index in [0.29, 0.717) is 16.5 Å². The Balaban J connectivity index is 2.94. The molecule has 1 amide bonds. The van der Waals surface area contributed by atoms with Crippen molar-refractivity contribution in [1.29, 1.82) is 0 Å². The minimum absolute atomic E-state index is 0.0513. The number of nitrogens with one attached hydrogen (secondary N) is 1. The van der Waals surface area contributed by atoms with Gasteiger partial charge in [0.25, 0.3) is 0 Å². The summed E-state index contributed by atoms with van der Waals surface area (Å²) in [6.07, 6.45) is 0. The third kappa shape index (κ3) is 3.02. The van der Waals surface area contributed by atoms with Crippen LogP contribution in [-0.2, 0) is 4.79 Å². The van der Waals surface area contributed by atoms with Crippen LogP contribution in [0.3, 0.4) is 0 Å². The van der Waals surface area contributed by atoms with Gasteiger partial charge in [-0.1, -0.05) is 11.6 Å². The van der Waals surface area contributed by atoms with E-state index in [0.717, 1.165) is 5.56 Å². The van der Waals surface area contributed by atoms with Crippen molar-refractivity contribution in [3.63, 3.8) is 0 Å². The van der Waals surface area contributed by atoms with Crippen molar-refractivity contribution in [3.8, 4) is 5.75 Å². The van der Waals surface area contributed by atoms with E-state index in [-0.39, 0.29) is 6.54 Å². The summed E-state index contributed by atoms with van der Waals surface area (Å²) in [5.41, 5.74) is 6.60. The molecule has 0 aliphatic rings. The number of anilines is 1. The molecule has 4 nitrogen and oxygen atoms in total. The van der Waals surface area contributed by atoms with Crippen molar-refractivity contribution in [2.24, 2.45) is 5.73 Å². The molecule has 0 aliphatic carbocycles. The van der Waals surface area contributed by atoms with E-state index in [1.165, 1.54) is 0 Å². The van der Waals surface area contributed by atoms with Crippen LogP contribution < -0.4 is 15.8 Å². The molecule has 3 N–H and O–H groups in total. The monoisotopic (exact) mass is 228 g/mol. The fourth-order valence-corrected chi connectivity index (χ4v) is 1.31. The Hall–Kier alpha value is -1.42. The summed E-state index contributed by atoms with van der Waals surface area (Å²) in [7, 11) is 1.55. The molecule has 0 unspecified atom stereocenters. The number of benzene rings is 1. The molecule has 1 rings (SSSR count). The second kappa shape index (κ2) is 4.89. The standard InChI is InChI=1S/C10H13ClN2O2/c1-6-3-9(15-2)8(4-7(6)11)13-5-10(12)14/h3-4,13H,5H2,1-2H3,(H2,12,14). The van der Waals surface area contributed by atoms with Crippen molar-refractivity contribution in [1.82, 2.24) is 0 Å². The number of methoxy groups -OCH3 is 1. The van der Waals surface area contributed by atoms with Crippen LogP contribution in [0.2, 0.25) is 5.02 Å². The quantitative estimate of drug-likeness (QED) is 0.822. The molecule has 15 heavy (non-hydrogen) atoms. The van der Waals surface area contributed by atoms with Gasteiger partial charge in [0, 0.05) is 5.02 Å². The molecule has 82 valence electrons. The van der Waals surface area contributed by atoms with Gasteiger partial charge in [-0.15, -0.1) is 0 Å². The zero-order valence-corrected chi connectivity index (χ0v) is 9.39. The van der Waals surface area contributed by atoms with E-state index in [4.69, 9.17) is 22.1 Å². The maximum atomic E-state index is 10.6. The zero-order valence-electron chi connectivity index (χ0n) is 8.63. The van der Waals surface area contributed by atoms with Crippen molar-refractivity contribution < 1.29 is 9.53 Å². The Morgan fingerprint density at radius 1 is 1.60 bits per heavy atom. The van der Waals surface area contributed by atoms with Gasteiger partial charge in [0.15, 0.2) is 0 Å². The first-order valence-corrected chi connectivity index (χ1v) is 4.78. The van der Waals surface area contributed by atoms with Crippen molar-refractivity contribution in [2.75, 3.05) is 19.0 Å². The summed E-state index contributed by atoms with van der Waals surface area (Å²) in [5.74, 6) is 0.201. The maximum absolute atomic E-state index is 10.6. The average Bonchev–Trinajstić information content (AvgIpc) is 2.19. The lowest BCUT2D eigenvalue weighted by molar-refractivity contribution is -0.116. The molecule has 5 heteroatoms. The molecule has 0 aliphatic heterocycles. The number of carbonyl (C=O) groups excluding carboxylic acids is 1. The number of primary amides is 1. The van der Waals surface area contributed by atoms with Gasteiger partial charge in [0.1, 0.15) is 5.75 Å². The number of ether oxygens (including phenoxy) is 1. The number of hydrogen-bond acceptors (Lipinski definition) is 3. The van der Waals surface area contributed by atoms with Crippen LogP contribution in [0, 0.1) is 6.92 Å². The Labute approximate surface area is 93.4 Å². The fraction of sp³-hybridized carbons (Fsp3) is 0.300. The van der Waals surface area contributed by atoms with Crippen LogP contribution in [0.25, 0.3) is 0 Å². The molecule has 0 aromatic heterocycles. The van der Waals surface area contributed by atoms with E-state index in [1.807, 2.05) is 6.92 Å². The first-order valence-electron chi connectivity index (χ1n) is 4.41. The molecule has 0 saturated carbocycles. The Bertz CT molecular complexity index is 380. The second-order valence-electron chi connectivity index (χ2n) is 3.12. The van der Waals surface area contributed by atoms with Gasteiger partial charge in [-0.05, 0) is 24.6 Å². The average molecular weight is 229 g/mol. The number of halogens is 1. The summed E-state index contributed by atoms with van der Waals surface area (Å²) in [6.45, 7) is 1.93. The minimum atomic E-state index is -0.436. The van der Waals surface area contributed by atoms with Crippen LogP contribution in [0.5, 0.6) is 5.75 Å². The highest BCUT2D eigenvalue weighted by Crippen LogP contribution is 2.30. The van der Waals surface area contributed by atoms with Crippen molar-refractivity contribution >= 4 is 23.2 Å². The molecule has 0 heterocycles. The molecule has 1 aromatic rings. The van der Waals surface area contributed by atoms with Gasteiger partial charge >= 0.3 is 0 Å². The summed E-state index contributed by atoms with van der Waals surface area (Å²) >= 11 is 5.95. The normalized spacial score (nSPS) is 9.80. The highest BCUT2D eigenvalue weighted by Gasteiger charge is 2.07. The maximum Gasteiger partial charge on any atom is 0.236 e. The van der Waals surface area contributed by atoms with Gasteiger partial charge in [-0.25, -0.2) is 0 Å². The highest BCUT2D eigenvalue weighted by molar-refractivity contribution is 6.31. The topological polar surface area (TPSA) is 64.3 Å². The minimum Gasteiger partial charge on any atom is -0.495 e. The van der Waals surface area contributed by atoms with Crippen LogP contribution in [-0.4, -0.2) is 19.6 Å². The SMILES string of the molecule is COc1cc(C)c(Cl)cc1NCC(N)=O. The second-order valence-corrected chi connectivity index (χ2v) is 3.53. The largest absolute Gasteiger partial charge is 0.495 e. The highest BCUT2D eigenvalue weighted by atomic mass is 35.5. The smallest absolute Gasteiger partial charge is 0.236 e. The van der Waals surface area contributed by atoms with E-state index in [1.54, 1.807) is 19.2 Å². The fourth-order valence-electron chi connectivity index (χ4n) is 1.14. The van der Waals surface area contributed by atoms with Gasteiger partial charge in [-0.3, -0.25) is 4.79 Å². The third-order valence-corrected chi connectivity index (χ3v) is 2.34. The van der Waals surface area contributed by atoms with E-state index >= 15 is 0 Å². The molecule has 0 radical (unpaired) electrons. The molecular weight excluding hydrogens is 216 g/mol. The number of amides is 1. The molecule has 0 spiro atoms. The predicted octanol–water partition coefficient (Wildman–Crippen LogP) is 1.55. The number of hydrogen-bond donors (Lipinski definition) is 2. The molecule has 1 aromatic carbocycles. The van der Waals surface area contributed by atoms with Crippen molar-refractivity contribution in [2.45, 2.75) is 6.92 Å². The summed E-state index contributed by atoms with van der Waals surface area (Å²) in [5, 5.41) is 3.46. The summed E-state index contributed by atoms with van der Waals surface area (Å²) in [6, 6.07) is 3.50. The van der Waals surface area contributed by atoms with Crippen LogP contribution in [0.4, 0.5) is 5.69 Å². The predicted molar refractivity (Wildman–Crippen MR) is 60.4 cm³/mol. The van der Waals surface area contributed by atoms with Crippen LogP contribution in [0.1, 0.15) is 5.56 Å². The lowest BCUT2D eigenvalue weighted by Gasteiger charge is -2.11. The van der Waals surface area contributed by atoms with Gasteiger partial charge in [0.2, 0.25) is 5.91 Å². The Kier molecular flexibility index (Phi) is 3.80.